The average Bonchev–Trinajstić information content (AvgIpc) is 3.26. The first-order valence-electron chi connectivity index (χ1n) is 9.52. The highest BCUT2D eigenvalue weighted by Crippen LogP contribution is 2.31. The molecular weight excluding hydrogens is 384 g/mol. The van der Waals surface area contributed by atoms with Crippen LogP contribution in [-0.2, 0) is 13.1 Å². The number of para-hydroxylation sites is 1. The van der Waals surface area contributed by atoms with Crippen molar-refractivity contribution < 1.29 is 9.53 Å². The number of aryl methyl sites for hydroxylation is 1. The smallest absolute Gasteiger partial charge is 0.192 e. The summed E-state index contributed by atoms with van der Waals surface area (Å²) >= 11 is 1.39. The molecule has 0 atom stereocenters. The molecule has 0 radical (unpaired) electrons. The summed E-state index contributed by atoms with van der Waals surface area (Å²) in [5.74, 6) is 1.82. The van der Waals surface area contributed by atoms with Crippen molar-refractivity contribution in [3.8, 4) is 17.1 Å². The third-order valence-corrected chi connectivity index (χ3v) is 5.87. The van der Waals surface area contributed by atoms with E-state index in [1.807, 2.05) is 48.7 Å². The molecule has 0 N–H and O–H groups in total. The highest BCUT2D eigenvalue weighted by atomic mass is 32.2. The summed E-state index contributed by atoms with van der Waals surface area (Å²) in [7, 11) is 1.63. The number of allylic oxidation sites excluding steroid dienone is 1. The maximum absolute atomic E-state index is 12.8. The van der Waals surface area contributed by atoms with Crippen molar-refractivity contribution in [3.05, 3.63) is 59.9 Å². The second-order valence-electron chi connectivity index (χ2n) is 6.65. The van der Waals surface area contributed by atoms with Gasteiger partial charge in [0.15, 0.2) is 16.8 Å². The number of carbonyl (C=O) groups excluding carboxylic acids is 1. The number of carbonyl (C=O) groups is 1. The van der Waals surface area contributed by atoms with E-state index in [4.69, 9.17) is 4.74 Å². The summed E-state index contributed by atoms with van der Waals surface area (Å²) < 4.78 is 9.57. The van der Waals surface area contributed by atoms with Gasteiger partial charge in [-0.25, -0.2) is 0 Å². The average molecular weight is 411 g/mol. The van der Waals surface area contributed by atoms with Gasteiger partial charge in [-0.3, -0.25) is 9.36 Å². The molecule has 0 fully saturated rings. The van der Waals surface area contributed by atoms with Crippen molar-refractivity contribution in [3.63, 3.8) is 0 Å². The predicted octanol–water partition coefficient (Wildman–Crippen LogP) is 4.55. The Labute approximate surface area is 175 Å². The van der Waals surface area contributed by atoms with Gasteiger partial charge in [0.25, 0.3) is 0 Å². The number of aromatic nitrogens is 4. The molecular formula is C22H26N4O2S. The number of nitrogens with zero attached hydrogens (tertiary/aromatic N) is 4. The van der Waals surface area contributed by atoms with Crippen molar-refractivity contribution in [1.82, 2.24) is 19.3 Å². The van der Waals surface area contributed by atoms with E-state index in [0.717, 1.165) is 34.8 Å². The lowest BCUT2D eigenvalue weighted by Crippen LogP contribution is -2.07. The number of thioether (sulfide) groups is 1. The molecule has 2 aromatic heterocycles. The largest absolute Gasteiger partial charge is 0.496 e. The van der Waals surface area contributed by atoms with Crippen molar-refractivity contribution in [1.29, 1.82) is 0 Å². The monoisotopic (exact) mass is 410 g/mol. The van der Waals surface area contributed by atoms with Gasteiger partial charge in [0.05, 0.1) is 18.4 Å². The number of hydrogen-bond donors (Lipinski definition) is 0. The van der Waals surface area contributed by atoms with Crippen LogP contribution in [0, 0.1) is 13.8 Å². The van der Waals surface area contributed by atoms with Crippen LogP contribution in [0.15, 0.2) is 48.1 Å². The van der Waals surface area contributed by atoms with Gasteiger partial charge in [0, 0.05) is 30.0 Å². The molecule has 2 heterocycles. The Morgan fingerprint density at radius 3 is 2.66 bits per heavy atom. The van der Waals surface area contributed by atoms with Crippen LogP contribution in [0.25, 0.3) is 11.4 Å². The second-order valence-corrected chi connectivity index (χ2v) is 7.59. The zero-order valence-corrected chi connectivity index (χ0v) is 18.1. The Bertz CT molecular complexity index is 1040. The van der Waals surface area contributed by atoms with Crippen LogP contribution in [0.5, 0.6) is 5.75 Å². The topological polar surface area (TPSA) is 61.9 Å². The van der Waals surface area contributed by atoms with Crippen LogP contribution in [-0.4, -0.2) is 38.0 Å². The maximum Gasteiger partial charge on any atom is 0.192 e. The quantitative estimate of drug-likeness (QED) is 0.294. The van der Waals surface area contributed by atoms with E-state index in [2.05, 4.69) is 28.3 Å². The molecule has 0 aliphatic heterocycles. The summed E-state index contributed by atoms with van der Waals surface area (Å²) in [5.41, 5.74) is 3.75. The first-order valence-corrected chi connectivity index (χ1v) is 10.5. The van der Waals surface area contributed by atoms with Gasteiger partial charge >= 0.3 is 0 Å². The molecule has 0 saturated carbocycles. The third kappa shape index (κ3) is 4.15. The van der Waals surface area contributed by atoms with E-state index < -0.39 is 0 Å². The molecule has 7 heteroatoms. The lowest BCUT2D eigenvalue weighted by atomic mass is 10.2. The number of rotatable bonds is 9. The zero-order chi connectivity index (χ0) is 21.0. The van der Waals surface area contributed by atoms with Crippen LogP contribution in [0.1, 0.15) is 28.7 Å². The summed E-state index contributed by atoms with van der Waals surface area (Å²) in [6, 6.07) is 9.66. The molecule has 0 saturated heterocycles. The minimum atomic E-state index is 0.0924. The van der Waals surface area contributed by atoms with Crippen molar-refractivity contribution in [2.45, 2.75) is 39.0 Å². The van der Waals surface area contributed by atoms with Crippen LogP contribution in [0.4, 0.5) is 0 Å². The lowest BCUT2D eigenvalue weighted by molar-refractivity contribution is 0.102. The minimum Gasteiger partial charge on any atom is -0.496 e. The molecule has 0 unspecified atom stereocenters. The fourth-order valence-corrected chi connectivity index (χ4v) is 4.33. The van der Waals surface area contributed by atoms with E-state index >= 15 is 0 Å². The Hall–Kier alpha value is -2.80. The van der Waals surface area contributed by atoms with Gasteiger partial charge in [-0.05, 0) is 39.0 Å². The fraction of sp³-hybridized carbons (Fsp3) is 0.318. The van der Waals surface area contributed by atoms with Crippen LogP contribution in [0.3, 0.4) is 0 Å². The van der Waals surface area contributed by atoms with Gasteiger partial charge in [0.2, 0.25) is 0 Å². The van der Waals surface area contributed by atoms with Crippen molar-refractivity contribution >= 4 is 17.5 Å². The first kappa shape index (κ1) is 20.9. The SMILES string of the molecule is C=CCn1c(SCC(=O)c2cc(C)n(CC)c2C)nnc1-c1ccccc1OC. The Morgan fingerprint density at radius 2 is 2.00 bits per heavy atom. The van der Waals surface area contributed by atoms with E-state index in [1.54, 1.807) is 13.2 Å². The minimum absolute atomic E-state index is 0.0924. The normalized spacial score (nSPS) is 10.9. The zero-order valence-electron chi connectivity index (χ0n) is 17.3. The highest BCUT2D eigenvalue weighted by molar-refractivity contribution is 7.99. The second kappa shape index (κ2) is 9.13. The lowest BCUT2D eigenvalue weighted by Gasteiger charge is -2.10. The maximum atomic E-state index is 12.8. The predicted molar refractivity (Wildman–Crippen MR) is 117 cm³/mol. The van der Waals surface area contributed by atoms with Crippen LogP contribution in [0.2, 0.25) is 0 Å². The summed E-state index contributed by atoms with van der Waals surface area (Å²) in [6.07, 6.45) is 1.79. The third-order valence-electron chi connectivity index (χ3n) is 4.90. The van der Waals surface area contributed by atoms with Crippen molar-refractivity contribution in [2.75, 3.05) is 12.9 Å². The molecule has 0 bridgehead atoms. The number of hydrogen-bond acceptors (Lipinski definition) is 5. The Balaban J connectivity index is 1.86. The summed E-state index contributed by atoms with van der Waals surface area (Å²) in [5, 5.41) is 9.37. The molecule has 3 rings (SSSR count). The number of methoxy groups -OCH3 is 1. The standard InChI is InChI=1S/C22H26N4O2S/c1-6-12-26-21(17-10-8-9-11-20(17)28-5)23-24-22(26)29-14-19(27)18-13-15(3)25(7-2)16(18)4/h6,8-11,13H,1,7,12,14H2,2-5H3. The molecule has 1 aromatic carbocycles. The van der Waals surface area contributed by atoms with Gasteiger partial charge in [-0.1, -0.05) is 30.0 Å². The van der Waals surface area contributed by atoms with Crippen molar-refractivity contribution in [2.24, 2.45) is 0 Å². The van der Waals surface area contributed by atoms with Gasteiger partial charge in [-0.15, -0.1) is 16.8 Å². The molecule has 0 aliphatic carbocycles. The fourth-order valence-electron chi connectivity index (χ4n) is 3.50. The van der Waals surface area contributed by atoms with Gasteiger partial charge in [-0.2, -0.15) is 0 Å². The summed E-state index contributed by atoms with van der Waals surface area (Å²) in [4.78, 5) is 12.8. The Kier molecular flexibility index (Phi) is 6.59. The Morgan fingerprint density at radius 1 is 1.24 bits per heavy atom. The molecule has 152 valence electrons. The van der Waals surface area contributed by atoms with E-state index in [1.165, 1.54) is 11.8 Å². The molecule has 6 nitrogen and oxygen atoms in total. The molecule has 0 amide bonds. The number of benzene rings is 1. The number of ketones is 1. The molecule has 29 heavy (non-hydrogen) atoms. The van der Waals surface area contributed by atoms with E-state index in [0.29, 0.717) is 23.3 Å². The number of Topliss-reactive ketones (excluding diaryl/α,β-unsaturated/α-hetero) is 1. The van der Waals surface area contributed by atoms with Gasteiger partial charge < -0.3 is 9.30 Å². The molecule has 0 aliphatic rings. The van der Waals surface area contributed by atoms with Crippen LogP contribution >= 0.6 is 11.8 Å². The van der Waals surface area contributed by atoms with Crippen LogP contribution < -0.4 is 4.74 Å². The number of ether oxygens (including phenoxy) is 1. The first-order chi connectivity index (χ1) is 14.0. The molecule has 0 spiro atoms. The summed E-state index contributed by atoms with van der Waals surface area (Å²) in [6.45, 7) is 11.3. The van der Waals surface area contributed by atoms with E-state index in [-0.39, 0.29) is 5.78 Å². The van der Waals surface area contributed by atoms with Gasteiger partial charge in [0.1, 0.15) is 5.75 Å². The van der Waals surface area contributed by atoms with E-state index in [9.17, 15) is 4.79 Å². The molecule has 3 aromatic rings. The highest BCUT2D eigenvalue weighted by Gasteiger charge is 2.20.